The SMILES string of the molecule is CC.O=C(O)c1cc(Cc2ccc(-n3cccn3)cc2)c(Cl)cn1. The number of nitrogens with zero attached hydrogens (tertiary/aromatic N) is 3. The van der Waals surface area contributed by atoms with Crippen LogP contribution in [0.5, 0.6) is 0 Å². The molecule has 0 bridgehead atoms. The molecule has 0 atom stereocenters. The van der Waals surface area contributed by atoms with Crippen LogP contribution in [0, 0.1) is 0 Å². The Balaban J connectivity index is 0.00000100. The molecule has 0 unspecified atom stereocenters. The van der Waals surface area contributed by atoms with Gasteiger partial charge in [0, 0.05) is 18.6 Å². The zero-order valence-corrected chi connectivity index (χ0v) is 14.2. The van der Waals surface area contributed by atoms with Crippen molar-refractivity contribution in [1.82, 2.24) is 14.8 Å². The van der Waals surface area contributed by atoms with E-state index in [1.165, 1.54) is 12.3 Å². The minimum absolute atomic E-state index is 0.00689. The molecule has 2 heterocycles. The standard InChI is InChI=1S/C16H12ClN3O2.C2H6/c17-14-10-18-15(16(21)22)9-12(14)8-11-2-4-13(5-3-11)20-7-1-6-19-20;1-2/h1-7,9-10H,8H2,(H,21,22);1-2H3. The van der Waals surface area contributed by atoms with E-state index in [0.717, 1.165) is 16.8 Å². The highest BCUT2D eigenvalue weighted by molar-refractivity contribution is 6.31. The van der Waals surface area contributed by atoms with Crippen LogP contribution in [0.25, 0.3) is 5.69 Å². The Morgan fingerprint density at radius 1 is 1.25 bits per heavy atom. The summed E-state index contributed by atoms with van der Waals surface area (Å²) in [6, 6.07) is 11.2. The van der Waals surface area contributed by atoms with Crippen molar-refractivity contribution >= 4 is 17.6 Å². The van der Waals surface area contributed by atoms with Crippen LogP contribution in [0.15, 0.2) is 55.0 Å². The zero-order chi connectivity index (χ0) is 17.5. The first-order valence-electron chi connectivity index (χ1n) is 7.60. The van der Waals surface area contributed by atoms with Crippen LogP contribution in [-0.2, 0) is 6.42 Å². The Hall–Kier alpha value is -2.66. The fourth-order valence-corrected chi connectivity index (χ4v) is 2.31. The van der Waals surface area contributed by atoms with Gasteiger partial charge in [0.05, 0.1) is 10.7 Å². The van der Waals surface area contributed by atoms with E-state index >= 15 is 0 Å². The van der Waals surface area contributed by atoms with Crippen molar-refractivity contribution in [3.8, 4) is 5.69 Å². The summed E-state index contributed by atoms with van der Waals surface area (Å²) < 4.78 is 1.77. The molecule has 1 aromatic carbocycles. The number of hydrogen-bond donors (Lipinski definition) is 1. The predicted molar refractivity (Wildman–Crippen MR) is 93.9 cm³/mol. The smallest absolute Gasteiger partial charge is 0.354 e. The second-order valence-electron chi connectivity index (χ2n) is 4.76. The number of benzene rings is 1. The number of rotatable bonds is 4. The van der Waals surface area contributed by atoms with E-state index in [2.05, 4.69) is 10.1 Å². The monoisotopic (exact) mass is 343 g/mol. The molecule has 2 aromatic heterocycles. The predicted octanol–water partition coefficient (Wildman–Crippen LogP) is 4.24. The summed E-state index contributed by atoms with van der Waals surface area (Å²) in [5, 5.41) is 13.6. The van der Waals surface area contributed by atoms with E-state index in [9.17, 15) is 4.79 Å². The molecular weight excluding hydrogens is 326 g/mol. The van der Waals surface area contributed by atoms with Gasteiger partial charge in [-0.3, -0.25) is 0 Å². The molecular formula is C18H18ClN3O2. The number of halogens is 1. The highest BCUT2D eigenvalue weighted by Gasteiger charge is 2.09. The van der Waals surface area contributed by atoms with Crippen LogP contribution >= 0.6 is 11.6 Å². The Kier molecular flexibility index (Phi) is 6.09. The first-order valence-corrected chi connectivity index (χ1v) is 7.98. The van der Waals surface area contributed by atoms with Gasteiger partial charge in [0.1, 0.15) is 5.69 Å². The normalized spacial score (nSPS) is 9.96. The summed E-state index contributed by atoms with van der Waals surface area (Å²) in [4.78, 5) is 14.8. The van der Waals surface area contributed by atoms with Crippen LogP contribution in [-0.4, -0.2) is 25.8 Å². The van der Waals surface area contributed by atoms with Gasteiger partial charge in [0.25, 0.3) is 0 Å². The van der Waals surface area contributed by atoms with Crippen molar-refractivity contribution in [2.45, 2.75) is 20.3 Å². The maximum absolute atomic E-state index is 11.0. The molecule has 3 rings (SSSR count). The minimum atomic E-state index is -1.06. The largest absolute Gasteiger partial charge is 0.477 e. The number of hydrogen-bond acceptors (Lipinski definition) is 3. The molecule has 124 valence electrons. The van der Waals surface area contributed by atoms with E-state index in [1.807, 2.05) is 50.4 Å². The fourth-order valence-electron chi connectivity index (χ4n) is 2.14. The molecule has 0 aliphatic rings. The van der Waals surface area contributed by atoms with Gasteiger partial charge in [-0.05, 0) is 41.8 Å². The second kappa shape index (κ2) is 8.26. The lowest BCUT2D eigenvalue weighted by Gasteiger charge is -2.07. The van der Waals surface area contributed by atoms with Crippen molar-refractivity contribution < 1.29 is 9.90 Å². The maximum atomic E-state index is 11.0. The third-order valence-corrected chi connectivity index (χ3v) is 3.59. The maximum Gasteiger partial charge on any atom is 0.354 e. The topological polar surface area (TPSA) is 68.0 Å². The Morgan fingerprint density at radius 2 is 1.96 bits per heavy atom. The van der Waals surface area contributed by atoms with Gasteiger partial charge in [-0.25, -0.2) is 14.5 Å². The molecule has 0 radical (unpaired) electrons. The van der Waals surface area contributed by atoms with Crippen LogP contribution < -0.4 is 0 Å². The molecule has 0 fully saturated rings. The average molecular weight is 344 g/mol. The van der Waals surface area contributed by atoms with Crippen LogP contribution in [0.1, 0.15) is 35.5 Å². The van der Waals surface area contributed by atoms with Crippen molar-refractivity contribution in [2.75, 3.05) is 0 Å². The first kappa shape index (κ1) is 17.7. The van der Waals surface area contributed by atoms with Gasteiger partial charge < -0.3 is 5.11 Å². The molecule has 0 saturated carbocycles. The van der Waals surface area contributed by atoms with E-state index < -0.39 is 5.97 Å². The third-order valence-electron chi connectivity index (χ3n) is 3.25. The molecule has 0 saturated heterocycles. The molecule has 6 heteroatoms. The number of carboxylic acids is 1. The summed E-state index contributed by atoms with van der Waals surface area (Å²) in [6.07, 6.45) is 5.51. The lowest BCUT2D eigenvalue weighted by molar-refractivity contribution is 0.0690. The van der Waals surface area contributed by atoms with E-state index in [1.54, 1.807) is 10.9 Å². The summed E-state index contributed by atoms with van der Waals surface area (Å²) in [6.45, 7) is 4.00. The van der Waals surface area contributed by atoms with Crippen molar-refractivity contribution in [3.05, 3.63) is 76.8 Å². The zero-order valence-electron chi connectivity index (χ0n) is 13.5. The molecule has 1 N–H and O–H groups in total. The van der Waals surface area contributed by atoms with Gasteiger partial charge in [-0.1, -0.05) is 37.6 Å². The number of pyridine rings is 1. The number of carboxylic acid groups (broad SMARTS) is 1. The van der Waals surface area contributed by atoms with Gasteiger partial charge in [-0.2, -0.15) is 5.10 Å². The van der Waals surface area contributed by atoms with Crippen molar-refractivity contribution in [3.63, 3.8) is 0 Å². The van der Waals surface area contributed by atoms with Gasteiger partial charge in [0.2, 0.25) is 0 Å². The first-order chi connectivity index (χ1) is 11.6. The van der Waals surface area contributed by atoms with Crippen LogP contribution in [0.3, 0.4) is 0 Å². The second-order valence-corrected chi connectivity index (χ2v) is 5.17. The van der Waals surface area contributed by atoms with Gasteiger partial charge in [-0.15, -0.1) is 0 Å². The Bertz CT molecular complexity index is 800. The highest BCUT2D eigenvalue weighted by Crippen LogP contribution is 2.20. The van der Waals surface area contributed by atoms with Crippen LogP contribution in [0.4, 0.5) is 0 Å². The molecule has 0 amide bonds. The highest BCUT2D eigenvalue weighted by atomic mass is 35.5. The van der Waals surface area contributed by atoms with E-state index in [0.29, 0.717) is 11.4 Å². The van der Waals surface area contributed by atoms with E-state index in [-0.39, 0.29) is 5.69 Å². The van der Waals surface area contributed by atoms with Crippen molar-refractivity contribution in [2.24, 2.45) is 0 Å². The van der Waals surface area contributed by atoms with Gasteiger partial charge >= 0.3 is 5.97 Å². The molecule has 0 aliphatic carbocycles. The molecule has 24 heavy (non-hydrogen) atoms. The van der Waals surface area contributed by atoms with Crippen molar-refractivity contribution in [1.29, 1.82) is 0 Å². The van der Waals surface area contributed by atoms with Gasteiger partial charge in [0.15, 0.2) is 0 Å². The fraction of sp³-hybridized carbons (Fsp3) is 0.167. The number of aromatic nitrogens is 3. The molecule has 0 aliphatic heterocycles. The molecule has 3 aromatic rings. The Labute approximate surface area is 145 Å². The van der Waals surface area contributed by atoms with E-state index in [4.69, 9.17) is 16.7 Å². The third kappa shape index (κ3) is 4.20. The summed E-state index contributed by atoms with van der Waals surface area (Å²) in [5.41, 5.74) is 2.72. The lowest BCUT2D eigenvalue weighted by Crippen LogP contribution is -2.02. The van der Waals surface area contributed by atoms with Crippen LogP contribution in [0.2, 0.25) is 5.02 Å². The number of carbonyl (C=O) groups is 1. The molecule has 5 nitrogen and oxygen atoms in total. The minimum Gasteiger partial charge on any atom is -0.477 e. The lowest BCUT2D eigenvalue weighted by atomic mass is 10.0. The quantitative estimate of drug-likeness (QED) is 0.769. The Morgan fingerprint density at radius 3 is 2.54 bits per heavy atom. The summed E-state index contributed by atoms with van der Waals surface area (Å²) in [5.74, 6) is -1.06. The molecule has 0 spiro atoms. The summed E-state index contributed by atoms with van der Waals surface area (Å²) >= 11 is 6.09. The summed E-state index contributed by atoms with van der Waals surface area (Å²) in [7, 11) is 0. The number of aromatic carboxylic acids is 1. The average Bonchev–Trinajstić information content (AvgIpc) is 3.14.